The third kappa shape index (κ3) is 5.23. The summed E-state index contributed by atoms with van der Waals surface area (Å²) in [6, 6.07) is 18.1. The van der Waals surface area contributed by atoms with Crippen LogP contribution in [0.25, 0.3) is 0 Å². The number of carboxylic acids is 1. The zero-order valence-corrected chi connectivity index (χ0v) is 17.4. The molecule has 0 aliphatic heterocycles. The lowest BCUT2D eigenvalue weighted by Crippen LogP contribution is -2.39. The summed E-state index contributed by atoms with van der Waals surface area (Å²) >= 11 is 12.2. The largest absolute Gasteiger partial charge is 0.488 e. The minimum absolute atomic E-state index is 0.156. The molecule has 1 amide bonds. The standard InChI is InChI=1S/C22H18Cl2N2O4/c1-26(17-9-6-14(7-10-17)22(28)29)25-21(27)18-12-16(23)8-11-20(18)30-13-15-4-2-3-5-19(15)24/h2-12H,13H2,1H3,(H,25,27)(H,28,29). The van der Waals surface area contributed by atoms with Gasteiger partial charge in [0.15, 0.2) is 0 Å². The van der Waals surface area contributed by atoms with E-state index in [2.05, 4.69) is 5.43 Å². The molecule has 0 radical (unpaired) electrons. The van der Waals surface area contributed by atoms with E-state index in [0.717, 1.165) is 5.56 Å². The van der Waals surface area contributed by atoms with Crippen LogP contribution in [0.3, 0.4) is 0 Å². The Morgan fingerprint density at radius 2 is 1.73 bits per heavy atom. The van der Waals surface area contributed by atoms with Gasteiger partial charge in [-0.05, 0) is 48.5 Å². The molecule has 0 heterocycles. The van der Waals surface area contributed by atoms with Gasteiger partial charge in [-0.2, -0.15) is 0 Å². The van der Waals surface area contributed by atoms with Crippen LogP contribution >= 0.6 is 23.2 Å². The van der Waals surface area contributed by atoms with Gasteiger partial charge >= 0.3 is 5.97 Å². The van der Waals surface area contributed by atoms with Crippen LogP contribution in [0.2, 0.25) is 10.0 Å². The second-order valence-electron chi connectivity index (χ2n) is 6.37. The van der Waals surface area contributed by atoms with Crippen LogP contribution in [0, 0.1) is 0 Å². The van der Waals surface area contributed by atoms with E-state index in [1.54, 1.807) is 37.4 Å². The number of hydrazine groups is 1. The molecule has 3 aromatic carbocycles. The summed E-state index contributed by atoms with van der Waals surface area (Å²) in [4.78, 5) is 23.8. The Bertz CT molecular complexity index is 1070. The average molecular weight is 445 g/mol. The quantitative estimate of drug-likeness (QED) is 0.498. The summed E-state index contributed by atoms with van der Waals surface area (Å²) in [5.74, 6) is -1.10. The number of rotatable bonds is 7. The molecule has 0 aliphatic carbocycles. The molecule has 3 rings (SSSR count). The van der Waals surface area contributed by atoms with Crippen LogP contribution < -0.4 is 15.2 Å². The molecule has 0 fully saturated rings. The van der Waals surface area contributed by atoms with Crippen molar-refractivity contribution in [1.29, 1.82) is 0 Å². The van der Waals surface area contributed by atoms with E-state index in [0.29, 0.717) is 21.5 Å². The van der Waals surface area contributed by atoms with Gasteiger partial charge < -0.3 is 9.84 Å². The number of aromatic carboxylic acids is 1. The van der Waals surface area contributed by atoms with Crippen molar-refractivity contribution in [3.05, 3.63) is 93.5 Å². The first-order valence-electron chi connectivity index (χ1n) is 8.89. The van der Waals surface area contributed by atoms with Crippen molar-refractivity contribution in [3.63, 3.8) is 0 Å². The van der Waals surface area contributed by atoms with Gasteiger partial charge in [-0.1, -0.05) is 41.4 Å². The molecular formula is C22H18Cl2N2O4. The van der Waals surface area contributed by atoms with Crippen LogP contribution in [0.5, 0.6) is 5.75 Å². The predicted molar refractivity (Wildman–Crippen MR) is 117 cm³/mol. The number of amides is 1. The molecular weight excluding hydrogens is 427 g/mol. The van der Waals surface area contributed by atoms with E-state index in [-0.39, 0.29) is 17.7 Å². The van der Waals surface area contributed by atoms with Crippen molar-refractivity contribution in [2.75, 3.05) is 12.1 Å². The number of carbonyl (C=O) groups is 2. The van der Waals surface area contributed by atoms with Crippen molar-refractivity contribution in [2.45, 2.75) is 6.61 Å². The topological polar surface area (TPSA) is 78.9 Å². The molecule has 154 valence electrons. The summed E-state index contributed by atoms with van der Waals surface area (Å²) in [5, 5.41) is 11.4. The summed E-state index contributed by atoms with van der Waals surface area (Å²) in [6.45, 7) is 0.189. The van der Waals surface area contributed by atoms with Gasteiger partial charge in [-0.15, -0.1) is 0 Å². The molecule has 3 aromatic rings. The Morgan fingerprint density at radius 1 is 1.03 bits per heavy atom. The van der Waals surface area contributed by atoms with Gasteiger partial charge in [-0.25, -0.2) is 4.79 Å². The number of carbonyl (C=O) groups excluding carboxylic acids is 1. The number of hydrogen-bond acceptors (Lipinski definition) is 4. The highest BCUT2D eigenvalue weighted by molar-refractivity contribution is 6.31. The van der Waals surface area contributed by atoms with Crippen molar-refractivity contribution >= 4 is 40.8 Å². The van der Waals surface area contributed by atoms with Crippen molar-refractivity contribution in [1.82, 2.24) is 5.43 Å². The van der Waals surface area contributed by atoms with Gasteiger partial charge in [0.2, 0.25) is 0 Å². The summed E-state index contributed by atoms with van der Waals surface area (Å²) in [5.41, 5.74) is 4.52. The fourth-order valence-corrected chi connectivity index (χ4v) is 3.04. The van der Waals surface area contributed by atoms with Gasteiger partial charge in [0.25, 0.3) is 5.91 Å². The van der Waals surface area contributed by atoms with Crippen LogP contribution in [0.15, 0.2) is 66.7 Å². The molecule has 0 saturated heterocycles. The molecule has 0 unspecified atom stereocenters. The normalized spacial score (nSPS) is 10.4. The molecule has 30 heavy (non-hydrogen) atoms. The lowest BCUT2D eigenvalue weighted by atomic mass is 10.2. The van der Waals surface area contributed by atoms with Crippen LogP contribution in [-0.4, -0.2) is 24.0 Å². The second kappa shape index (κ2) is 9.52. The maximum absolute atomic E-state index is 12.8. The highest BCUT2D eigenvalue weighted by atomic mass is 35.5. The Hall–Kier alpha value is -3.22. The van der Waals surface area contributed by atoms with Crippen molar-refractivity contribution < 1.29 is 19.4 Å². The Morgan fingerprint density at radius 3 is 2.40 bits per heavy atom. The molecule has 0 saturated carbocycles. The molecule has 2 N–H and O–H groups in total. The molecule has 0 spiro atoms. The first-order chi connectivity index (χ1) is 14.3. The maximum Gasteiger partial charge on any atom is 0.335 e. The number of carboxylic acid groups (broad SMARTS) is 1. The van der Waals surface area contributed by atoms with Crippen molar-refractivity contribution in [3.8, 4) is 5.75 Å². The second-order valence-corrected chi connectivity index (χ2v) is 7.22. The third-order valence-electron chi connectivity index (χ3n) is 4.30. The first kappa shape index (κ1) is 21.5. The Balaban J connectivity index is 1.75. The van der Waals surface area contributed by atoms with E-state index in [4.69, 9.17) is 33.0 Å². The number of nitrogens with zero attached hydrogens (tertiary/aromatic N) is 1. The number of nitrogens with one attached hydrogen (secondary N) is 1. The first-order valence-corrected chi connectivity index (χ1v) is 9.64. The maximum atomic E-state index is 12.8. The fraction of sp³-hybridized carbons (Fsp3) is 0.0909. The fourth-order valence-electron chi connectivity index (χ4n) is 2.68. The molecule has 6 nitrogen and oxygen atoms in total. The zero-order chi connectivity index (χ0) is 21.7. The average Bonchev–Trinajstić information content (AvgIpc) is 2.73. The third-order valence-corrected chi connectivity index (χ3v) is 4.90. The smallest absolute Gasteiger partial charge is 0.335 e. The lowest BCUT2D eigenvalue weighted by molar-refractivity contribution is 0.0696. The predicted octanol–water partition coefficient (Wildman–Crippen LogP) is 5.05. The SMILES string of the molecule is CN(NC(=O)c1cc(Cl)ccc1OCc1ccccc1Cl)c1ccc(C(=O)O)cc1. The Labute approximate surface area is 183 Å². The Kier molecular flexibility index (Phi) is 6.82. The van der Waals surface area contributed by atoms with E-state index < -0.39 is 11.9 Å². The summed E-state index contributed by atoms with van der Waals surface area (Å²) < 4.78 is 5.82. The minimum atomic E-state index is -1.02. The summed E-state index contributed by atoms with van der Waals surface area (Å²) in [7, 11) is 1.64. The van der Waals surface area contributed by atoms with E-state index in [9.17, 15) is 9.59 Å². The zero-order valence-electron chi connectivity index (χ0n) is 15.9. The molecule has 0 atom stereocenters. The van der Waals surface area contributed by atoms with Crippen LogP contribution in [0.4, 0.5) is 5.69 Å². The molecule has 0 bridgehead atoms. The lowest BCUT2D eigenvalue weighted by Gasteiger charge is -2.21. The molecule has 0 aromatic heterocycles. The van der Waals surface area contributed by atoms with E-state index >= 15 is 0 Å². The van der Waals surface area contributed by atoms with Crippen LogP contribution in [-0.2, 0) is 6.61 Å². The monoisotopic (exact) mass is 444 g/mol. The number of ether oxygens (including phenoxy) is 1. The van der Waals surface area contributed by atoms with E-state index in [1.165, 1.54) is 23.2 Å². The molecule has 0 aliphatic rings. The van der Waals surface area contributed by atoms with Crippen LogP contribution in [0.1, 0.15) is 26.3 Å². The number of hydrogen-bond donors (Lipinski definition) is 2. The summed E-state index contributed by atoms with van der Waals surface area (Å²) in [6.07, 6.45) is 0. The van der Waals surface area contributed by atoms with Gasteiger partial charge in [0.1, 0.15) is 12.4 Å². The number of benzene rings is 3. The minimum Gasteiger partial charge on any atom is -0.488 e. The molecule has 8 heteroatoms. The number of halogens is 2. The van der Waals surface area contributed by atoms with Crippen molar-refractivity contribution in [2.24, 2.45) is 0 Å². The highest BCUT2D eigenvalue weighted by Gasteiger charge is 2.16. The highest BCUT2D eigenvalue weighted by Crippen LogP contribution is 2.25. The van der Waals surface area contributed by atoms with Gasteiger partial charge in [-0.3, -0.25) is 15.2 Å². The van der Waals surface area contributed by atoms with Gasteiger partial charge in [0, 0.05) is 22.7 Å². The van der Waals surface area contributed by atoms with E-state index in [1.807, 2.05) is 18.2 Å². The van der Waals surface area contributed by atoms with Gasteiger partial charge in [0.05, 0.1) is 16.8 Å². The number of anilines is 1.